The highest BCUT2D eigenvalue weighted by Crippen LogP contribution is 2.39. The quantitative estimate of drug-likeness (QED) is 0.0839. The number of thiophene rings is 1. The molecule has 10 nitrogen and oxygen atoms in total. The molecule has 0 fully saturated rings. The topological polar surface area (TPSA) is 126 Å². The van der Waals surface area contributed by atoms with Crippen molar-refractivity contribution in [3.05, 3.63) is 70.1 Å². The number of benzene rings is 2. The van der Waals surface area contributed by atoms with E-state index in [0.717, 1.165) is 26.7 Å². The number of ether oxygens (including phenoxy) is 2. The van der Waals surface area contributed by atoms with Crippen molar-refractivity contribution in [1.29, 1.82) is 0 Å². The average molecular weight is 697 g/mol. The maximum absolute atomic E-state index is 13.6. The Morgan fingerprint density at radius 3 is 2.36 bits per heavy atom. The Kier molecular flexibility index (Phi) is 12.0. The van der Waals surface area contributed by atoms with Gasteiger partial charge in [-0.3, -0.25) is 9.59 Å². The normalized spacial score (nSPS) is 13.2. The van der Waals surface area contributed by atoms with Gasteiger partial charge in [0, 0.05) is 33.3 Å². The van der Waals surface area contributed by atoms with Crippen molar-refractivity contribution in [2.24, 2.45) is 0 Å². The Morgan fingerprint density at radius 1 is 1.02 bits per heavy atom. The highest BCUT2D eigenvalue weighted by atomic mass is 32.2. The van der Waals surface area contributed by atoms with Crippen LogP contribution in [0.25, 0.3) is 0 Å². The fourth-order valence-electron chi connectivity index (χ4n) is 4.80. The first-order chi connectivity index (χ1) is 22.3. The molecule has 2 aromatic carbocycles. The first-order valence-corrected chi connectivity index (χ1v) is 17.4. The molecule has 0 spiro atoms. The minimum absolute atomic E-state index is 0.00814. The van der Waals surface area contributed by atoms with Crippen LogP contribution in [0, 0.1) is 0 Å². The van der Waals surface area contributed by atoms with E-state index in [-0.39, 0.29) is 24.8 Å². The van der Waals surface area contributed by atoms with Crippen molar-refractivity contribution < 1.29 is 28.7 Å². The molecule has 4 rings (SSSR count). The van der Waals surface area contributed by atoms with Gasteiger partial charge in [0.25, 0.3) is 0 Å². The highest BCUT2D eigenvalue weighted by Gasteiger charge is 2.33. The van der Waals surface area contributed by atoms with E-state index in [1.165, 1.54) is 30.0 Å². The van der Waals surface area contributed by atoms with Gasteiger partial charge in [-0.1, -0.05) is 13.0 Å². The van der Waals surface area contributed by atoms with E-state index >= 15 is 0 Å². The molecule has 0 bridgehead atoms. The number of thioether (sulfide) groups is 1. The third-order valence-electron chi connectivity index (χ3n) is 7.01. The van der Waals surface area contributed by atoms with Gasteiger partial charge in [-0.15, -0.1) is 23.1 Å². The number of amides is 2. The minimum atomic E-state index is -0.627. The third-order valence-corrected chi connectivity index (χ3v) is 9.70. The molecule has 1 atom stereocenters. The SMILES string of the molecule is CCOC(=O)c1c(NC(=O)C(CC)Sc2cccc(NC(=S)Nc3ccc(C(C)=O)cc3)c2)sc2c1CCN(C(=O)OC(C)(C)C)C2. The van der Waals surface area contributed by atoms with Crippen molar-refractivity contribution in [3.63, 3.8) is 0 Å². The van der Waals surface area contributed by atoms with E-state index in [2.05, 4.69) is 16.0 Å². The number of esters is 1. The lowest BCUT2D eigenvalue weighted by atomic mass is 10.0. The maximum Gasteiger partial charge on any atom is 0.410 e. The van der Waals surface area contributed by atoms with Gasteiger partial charge in [-0.2, -0.15) is 0 Å². The van der Waals surface area contributed by atoms with Crippen LogP contribution in [0.5, 0.6) is 0 Å². The molecule has 13 heteroatoms. The second kappa shape index (κ2) is 15.8. The smallest absolute Gasteiger partial charge is 0.410 e. The van der Waals surface area contributed by atoms with Gasteiger partial charge >= 0.3 is 12.1 Å². The van der Waals surface area contributed by atoms with E-state index < -0.39 is 22.9 Å². The number of hydrogen-bond acceptors (Lipinski definition) is 9. The number of hydrogen-bond donors (Lipinski definition) is 3. The summed E-state index contributed by atoms with van der Waals surface area (Å²) in [6, 6.07) is 14.6. The van der Waals surface area contributed by atoms with Crippen LogP contribution in [-0.2, 0) is 27.2 Å². The number of ketones is 1. The van der Waals surface area contributed by atoms with Gasteiger partial charge in [0.05, 0.1) is 24.0 Å². The second-order valence-electron chi connectivity index (χ2n) is 11.8. The summed E-state index contributed by atoms with van der Waals surface area (Å²) in [7, 11) is 0. The number of Topliss-reactive ketones (excluding diaryl/α,β-unsaturated/α-hetero) is 1. The summed E-state index contributed by atoms with van der Waals surface area (Å²) >= 11 is 8.18. The van der Waals surface area contributed by atoms with Gasteiger partial charge in [0.15, 0.2) is 10.9 Å². The Balaban J connectivity index is 1.45. The van der Waals surface area contributed by atoms with E-state index in [4.69, 9.17) is 21.7 Å². The number of nitrogens with zero attached hydrogens (tertiary/aromatic N) is 1. The molecule has 2 amide bonds. The van der Waals surface area contributed by atoms with E-state index in [9.17, 15) is 19.2 Å². The zero-order valence-corrected chi connectivity index (χ0v) is 29.8. The summed E-state index contributed by atoms with van der Waals surface area (Å²) in [5.74, 6) is -0.744. The monoisotopic (exact) mass is 696 g/mol. The van der Waals surface area contributed by atoms with Gasteiger partial charge in [-0.05, 0) is 108 Å². The lowest BCUT2D eigenvalue weighted by molar-refractivity contribution is -0.115. The number of carbonyl (C=O) groups excluding carboxylic acids is 4. The standard InChI is InChI=1S/C34H40N4O6S3/c1-7-26(46-24-11-9-10-23(18-24)36-32(45)35-22-14-12-21(13-15-22)20(3)39)29(40)37-30-28(31(41)43-8-2)25-16-17-38(19-27(25)47-30)33(42)44-34(4,5)6/h9-15,18,26H,7-8,16-17,19H2,1-6H3,(H,37,40)(H2,35,36,45). The molecule has 1 aromatic heterocycles. The molecule has 3 aromatic rings. The van der Waals surface area contributed by atoms with Crippen LogP contribution in [0.1, 0.15) is 79.1 Å². The van der Waals surface area contributed by atoms with Crippen LogP contribution in [0.2, 0.25) is 0 Å². The van der Waals surface area contributed by atoms with Crippen molar-refractivity contribution in [3.8, 4) is 0 Å². The summed E-state index contributed by atoms with van der Waals surface area (Å²) in [5, 5.41) is 9.62. The van der Waals surface area contributed by atoms with E-state index in [0.29, 0.717) is 40.6 Å². The molecule has 2 heterocycles. The summed E-state index contributed by atoms with van der Waals surface area (Å²) < 4.78 is 10.9. The molecule has 0 radical (unpaired) electrons. The Morgan fingerprint density at radius 2 is 1.72 bits per heavy atom. The van der Waals surface area contributed by atoms with Gasteiger partial charge in [0.1, 0.15) is 10.6 Å². The molecule has 1 aliphatic rings. The first-order valence-electron chi connectivity index (χ1n) is 15.3. The van der Waals surface area contributed by atoms with Gasteiger partial charge in [-0.25, -0.2) is 9.59 Å². The zero-order chi connectivity index (χ0) is 34.3. The largest absolute Gasteiger partial charge is 0.462 e. The van der Waals surface area contributed by atoms with Crippen LogP contribution >= 0.6 is 35.3 Å². The Hall–Kier alpha value is -3.94. The third kappa shape index (κ3) is 9.78. The van der Waals surface area contributed by atoms with Gasteiger partial charge < -0.3 is 30.3 Å². The van der Waals surface area contributed by atoms with Crippen LogP contribution in [0.15, 0.2) is 53.4 Å². The molecule has 0 saturated carbocycles. The summed E-state index contributed by atoms with van der Waals surface area (Å²) in [4.78, 5) is 54.3. The molecule has 0 aliphatic carbocycles. The number of nitrogens with one attached hydrogen (secondary N) is 3. The predicted octanol–water partition coefficient (Wildman–Crippen LogP) is 7.74. The molecule has 1 aliphatic heterocycles. The predicted molar refractivity (Wildman–Crippen MR) is 192 cm³/mol. The first kappa shape index (κ1) is 35.9. The van der Waals surface area contributed by atoms with Crippen LogP contribution < -0.4 is 16.0 Å². The minimum Gasteiger partial charge on any atom is -0.462 e. The Labute approximate surface area is 289 Å². The molecule has 250 valence electrons. The molecule has 3 N–H and O–H groups in total. The lowest BCUT2D eigenvalue weighted by Gasteiger charge is -2.30. The van der Waals surface area contributed by atoms with Crippen LogP contribution in [0.4, 0.5) is 21.2 Å². The van der Waals surface area contributed by atoms with Crippen molar-refractivity contribution in [1.82, 2.24) is 4.90 Å². The molecular formula is C34H40N4O6S3. The fourth-order valence-corrected chi connectivity index (χ4v) is 7.30. The number of anilines is 3. The van der Waals surface area contributed by atoms with Crippen LogP contribution in [0.3, 0.4) is 0 Å². The van der Waals surface area contributed by atoms with Crippen molar-refractivity contribution in [2.45, 2.75) is 76.7 Å². The summed E-state index contributed by atoms with van der Waals surface area (Å²) in [5.41, 5.74) is 2.63. The zero-order valence-electron chi connectivity index (χ0n) is 27.4. The molecular weight excluding hydrogens is 657 g/mol. The number of carbonyl (C=O) groups is 4. The Bertz CT molecular complexity index is 1650. The molecule has 0 saturated heterocycles. The molecule has 47 heavy (non-hydrogen) atoms. The number of thiocarbonyl (C=S) groups is 1. The average Bonchev–Trinajstić information content (AvgIpc) is 3.36. The van der Waals surface area contributed by atoms with Gasteiger partial charge in [0.2, 0.25) is 5.91 Å². The lowest BCUT2D eigenvalue weighted by Crippen LogP contribution is -2.39. The van der Waals surface area contributed by atoms with Crippen LogP contribution in [-0.4, -0.2) is 57.8 Å². The molecule has 1 unspecified atom stereocenters. The number of rotatable bonds is 10. The highest BCUT2D eigenvalue weighted by molar-refractivity contribution is 8.00. The van der Waals surface area contributed by atoms with Crippen molar-refractivity contribution >= 4 is 80.6 Å². The second-order valence-corrected chi connectivity index (χ2v) is 14.6. The van der Waals surface area contributed by atoms with Crippen molar-refractivity contribution in [2.75, 3.05) is 29.1 Å². The number of fused-ring (bicyclic) bond motifs is 1. The van der Waals surface area contributed by atoms with E-state index in [1.807, 2.05) is 52.0 Å². The summed E-state index contributed by atoms with van der Waals surface area (Å²) in [6.45, 7) is 11.5. The fraction of sp³-hybridized carbons (Fsp3) is 0.382. The van der Waals surface area contributed by atoms with E-state index in [1.54, 1.807) is 36.1 Å². The maximum atomic E-state index is 13.6. The summed E-state index contributed by atoms with van der Waals surface area (Å²) in [6.07, 6.45) is 0.566.